The first-order valence-electron chi connectivity index (χ1n) is 9.06. The van der Waals surface area contributed by atoms with E-state index < -0.39 is 22.5 Å². The molecule has 0 fully saturated rings. The summed E-state index contributed by atoms with van der Waals surface area (Å²) in [4.78, 5) is 12.5. The van der Waals surface area contributed by atoms with Crippen LogP contribution in [0.1, 0.15) is 30.5 Å². The predicted octanol–water partition coefficient (Wildman–Crippen LogP) is 4.85. The van der Waals surface area contributed by atoms with Gasteiger partial charge in [-0.25, -0.2) is 8.42 Å². The lowest BCUT2D eigenvalue weighted by molar-refractivity contribution is -0.119. The average molecular weight is 478 g/mol. The van der Waals surface area contributed by atoms with Gasteiger partial charge in [-0.3, -0.25) is 9.10 Å². The number of nitrogens with zero attached hydrogens (tertiary/aromatic N) is 1. The fourth-order valence-electron chi connectivity index (χ4n) is 2.87. The summed E-state index contributed by atoms with van der Waals surface area (Å²) in [6.45, 7) is 3.99. The van der Waals surface area contributed by atoms with Crippen molar-refractivity contribution in [2.24, 2.45) is 0 Å². The molecule has 0 saturated carbocycles. The van der Waals surface area contributed by atoms with Gasteiger partial charge in [-0.15, -0.1) is 0 Å². The molecule has 2 aromatic rings. The maximum Gasteiger partial charge on any atom is 0.241 e. The Bertz CT molecular complexity index is 1010. The van der Waals surface area contributed by atoms with Gasteiger partial charge in [-0.1, -0.05) is 66.8 Å². The highest BCUT2D eigenvalue weighted by atomic mass is 35.5. The van der Waals surface area contributed by atoms with Crippen molar-refractivity contribution in [2.75, 3.05) is 17.1 Å². The fourth-order valence-corrected chi connectivity index (χ4v) is 4.43. The summed E-state index contributed by atoms with van der Waals surface area (Å²) >= 11 is 18.1. The number of sulfonamides is 1. The number of aryl methyl sites for hydroxylation is 2. The number of hydrogen-bond donors (Lipinski definition) is 1. The third kappa shape index (κ3) is 6.25. The third-order valence-corrected chi connectivity index (χ3v) is 6.63. The highest BCUT2D eigenvalue weighted by molar-refractivity contribution is 7.92. The molecule has 0 aliphatic heterocycles. The van der Waals surface area contributed by atoms with Crippen molar-refractivity contribution in [3.05, 3.63) is 62.1 Å². The molecular formula is C20H23Cl3N2O3S. The largest absolute Gasteiger partial charge is 0.350 e. The van der Waals surface area contributed by atoms with Crippen molar-refractivity contribution < 1.29 is 13.2 Å². The minimum Gasteiger partial charge on any atom is -0.350 e. The van der Waals surface area contributed by atoms with Crippen LogP contribution in [0.5, 0.6) is 0 Å². The summed E-state index contributed by atoms with van der Waals surface area (Å²) in [5.41, 5.74) is 3.42. The van der Waals surface area contributed by atoms with E-state index in [1.165, 1.54) is 17.7 Å². The van der Waals surface area contributed by atoms with E-state index >= 15 is 0 Å². The Morgan fingerprint density at radius 3 is 2.21 bits per heavy atom. The number of anilines is 1. The summed E-state index contributed by atoms with van der Waals surface area (Å²) in [6.07, 6.45) is 2.73. The van der Waals surface area contributed by atoms with Crippen LogP contribution >= 0.6 is 34.8 Å². The zero-order valence-electron chi connectivity index (χ0n) is 16.4. The molecule has 2 rings (SSSR count). The van der Waals surface area contributed by atoms with E-state index in [0.29, 0.717) is 6.54 Å². The van der Waals surface area contributed by atoms with Gasteiger partial charge in [-0.05, 0) is 41.7 Å². The number of rotatable bonds is 8. The van der Waals surface area contributed by atoms with Crippen LogP contribution in [0.25, 0.3) is 0 Å². The smallest absolute Gasteiger partial charge is 0.241 e. The normalized spacial score (nSPS) is 11.4. The predicted molar refractivity (Wildman–Crippen MR) is 121 cm³/mol. The molecule has 1 N–H and O–H groups in total. The van der Waals surface area contributed by atoms with E-state index in [9.17, 15) is 13.2 Å². The van der Waals surface area contributed by atoms with Crippen LogP contribution in [0, 0.1) is 0 Å². The molecule has 0 aliphatic rings. The Kier molecular flexibility index (Phi) is 8.23. The van der Waals surface area contributed by atoms with Gasteiger partial charge < -0.3 is 5.32 Å². The van der Waals surface area contributed by atoms with Crippen LogP contribution in [0.2, 0.25) is 15.1 Å². The van der Waals surface area contributed by atoms with Crippen LogP contribution in [0.3, 0.4) is 0 Å². The third-order valence-electron chi connectivity index (χ3n) is 4.48. The number of amides is 1. The molecular weight excluding hydrogens is 455 g/mol. The molecule has 0 bridgehead atoms. The Hall–Kier alpha value is -1.47. The Labute approximate surface area is 187 Å². The van der Waals surface area contributed by atoms with Crippen LogP contribution in [-0.2, 0) is 34.2 Å². The van der Waals surface area contributed by atoms with Gasteiger partial charge in [0.2, 0.25) is 15.9 Å². The molecule has 158 valence electrons. The number of benzene rings is 2. The first kappa shape index (κ1) is 23.8. The maximum absolute atomic E-state index is 12.5. The number of carbonyl (C=O) groups excluding carboxylic acids is 1. The maximum atomic E-state index is 12.5. The van der Waals surface area contributed by atoms with Crippen molar-refractivity contribution in [1.29, 1.82) is 0 Å². The standard InChI is InChI=1S/C20H23Cl3N2O3S/c1-4-13-6-7-14(5-2)15(8-13)11-24-20(26)12-25(29(3,27)28)19-10-17(22)16(21)9-18(19)23/h6-10H,4-5,11-12H2,1-3H3,(H,24,26). The molecule has 1 amide bonds. The van der Waals surface area contributed by atoms with Crippen LogP contribution in [0.15, 0.2) is 30.3 Å². The molecule has 5 nitrogen and oxygen atoms in total. The molecule has 0 aliphatic carbocycles. The summed E-state index contributed by atoms with van der Waals surface area (Å²) < 4.78 is 25.5. The molecule has 9 heteroatoms. The topological polar surface area (TPSA) is 66.5 Å². The molecule has 0 saturated heterocycles. The van der Waals surface area contributed by atoms with Gasteiger partial charge in [-0.2, -0.15) is 0 Å². The lowest BCUT2D eigenvalue weighted by atomic mass is 10.0. The second-order valence-electron chi connectivity index (χ2n) is 6.57. The molecule has 0 atom stereocenters. The van der Waals surface area contributed by atoms with Gasteiger partial charge in [0.15, 0.2) is 0 Å². The van der Waals surface area contributed by atoms with Crippen LogP contribution in [-0.4, -0.2) is 27.1 Å². The van der Waals surface area contributed by atoms with E-state index in [2.05, 4.69) is 30.4 Å². The summed E-state index contributed by atoms with van der Waals surface area (Å²) in [5.74, 6) is -0.457. The summed E-state index contributed by atoms with van der Waals surface area (Å²) in [6, 6.07) is 8.87. The average Bonchev–Trinajstić information content (AvgIpc) is 2.66. The molecule has 0 spiro atoms. The second-order valence-corrected chi connectivity index (χ2v) is 9.70. The summed E-state index contributed by atoms with van der Waals surface area (Å²) in [5, 5.41) is 3.22. The van der Waals surface area contributed by atoms with Gasteiger partial charge in [0, 0.05) is 6.54 Å². The van der Waals surface area contributed by atoms with Crippen molar-refractivity contribution >= 4 is 56.4 Å². The van der Waals surface area contributed by atoms with Crippen molar-refractivity contribution in [2.45, 2.75) is 33.2 Å². The molecule has 0 heterocycles. The van der Waals surface area contributed by atoms with E-state index in [-0.39, 0.29) is 20.8 Å². The van der Waals surface area contributed by atoms with Gasteiger partial charge >= 0.3 is 0 Å². The van der Waals surface area contributed by atoms with E-state index in [1.807, 2.05) is 6.92 Å². The first-order chi connectivity index (χ1) is 13.6. The molecule has 0 aromatic heterocycles. The first-order valence-corrected chi connectivity index (χ1v) is 12.0. The van der Waals surface area contributed by atoms with Crippen LogP contribution in [0.4, 0.5) is 5.69 Å². The van der Waals surface area contributed by atoms with Gasteiger partial charge in [0.25, 0.3) is 0 Å². The minimum absolute atomic E-state index is 0.0848. The van der Waals surface area contributed by atoms with Crippen molar-refractivity contribution in [3.8, 4) is 0 Å². The van der Waals surface area contributed by atoms with E-state index in [1.54, 1.807) is 0 Å². The molecule has 0 radical (unpaired) electrons. The zero-order valence-corrected chi connectivity index (χ0v) is 19.5. The quantitative estimate of drug-likeness (QED) is 0.552. The monoisotopic (exact) mass is 476 g/mol. The number of halogens is 3. The lowest BCUT2D eigenvalue weighted by Gasteiger charge is -2.23. The number of carbonyl (C=O) groups is 1. The number of nitrogens with one attached hydrogen (secondary N) is 1. The molecule has 2 aromatic carbocycles. The Morgan fingerprint density at radius 2 is 1.62 bits per heavy atom. The van der Waals surface area contributed by atoms with Crippen molar-refractivity contribution in [3.63, 3.8) is 0 Å². The van der Waals surface area contributed by atoms with E-state index in [0.717, 1.165) is 34.5 Å². The SMILES string of the molecule is CCc1ccc(CC)c(CNC(=O)CN(c2cc(Cl)c(Cl)cc2Cl)S(C)(=O)=O)c1. The van der Waals surface area contributed by atoms with Gasteiger partial charge in [0.1, 0.15) is 6.54 Å². The van der Waals surface area contributed by atoms with E-state index in [4.69, 9.17) is 34.8 Å². The Balaban J connectivity index is 2.22. The minimum atomic E-state index is -3.79. The Morgan fingerprint density at radius 1 is 0.966 bits per heavy atom. The van der Waals surface area contributed by atoms with Crippen molar-refractivity contribution in [1.82, 2.24) is 5.32 Å². The van der Waals surface area contributed by atoms with Crippen LogP contribution < -0.4 is 9.62 Å². The van der Waals surface area contributed by atoms with Gasteiger partial charge in [0.05, 0.1) is 27.0 Å². The second kappa shape index (κ2) is 10.0. The molecule has 0 unspecified atom stereocenters. The highest BCUT2D eigenvalue weighted by Crippen LogP contribution is 2.35. The molecule has 29 heavy (non-hydrogen) atoms. The lowest BCUT2D eigenvalue weighted by Crippen LogP contribution is -2.40. The summed E-state index contributed by atoms with van der Waals surface area (Å²) in [7, 11) is -3.79. The highest BCUT2D eigenvalue weighted by Gasteiger charge is 2.24. The zero-order chi connectivity index (χ0) is 21.8. The fraction of sp³-hybridized carbons (Fsp3) is 0.350. The number of hydrogen-bond acceptors (Lipinski definition) is 3.